The molecule has 20 heavy (non-hydrogen) atoms. The molecule has 1 aliphatic rings. The zero-order chi connectivity index (χ0) is 14.2. The van der Waals surface area contributed by atoms with Crippen molar-refractivity contribution in [2.24, 2.45) is 0 Å². The van der Waals surface area contributed by atoms with E-state index in [2.05, 4.69) is 10.3 Å². The molecule has 0 saturated heterocycles. The number of carbonyl (C=O) groups is 1. The van der Waals surface area contributed by atoms with Crippen LogP contribution in [-0.4, -0.2) is 21.3 Å². The molecule has 3 N–H and O–H groups in total. The molecule has 0 spiro atoms. The van der Waals surface area contributed by atoms with Gasteiger partial charge in [-0.2, -0.15) is 0 Å². The van der Waals surface area contributed by atoms with Crippen LogP contribution in [0.3, 0.4) is 0 Å². The lowest BCUT2D eigenvalue weighted by molar-refractivity contribution is 0.188. The Balaban J connectivity index is 2.10. The Hall–Kier alpha value is -2.56. The molecule has 0 radical (unpaired) electrons. The maximum Gasteiger partial charge on any atom is 0.405 e. The zero-order valence-corrected chi connectivity index (χ0v) is 10.7. The Morgan fingerprint density at radius 3 is 2.60 bits per heavy atom. The molecule has 1 saturated carbocycles. The standard InChI is InChI=1S/C15H14N2O3/c18-13-4-2-1-3-11(13)10-5-8-16-9-12(10)15(6-7-15)17-14(19)20/h1-5,8-9,17-18H,6-7H2,(H,19,20). The van der Waals surface area contributed by atoms with Crippen LogP contribution in [0.15, 0.2) is 42.7 Å². The summed E-state index contributed by atoms with van der Waals surface area (Å²) < 4.78 is 0. The van der Waals surface area contributed by atoms with Crippen LogP contribution in [-0.2, 0) is 5.54 Å². The minimum Gasteiger partial charge on any atom is -0.507 e. The maximum absolute atomic E-state index is 11.0. The van der Waals surface area contributed by atoms with Gasteiger partial charge in [-0.1, -0.05) is 18.2 Å². The fourth-order valence-corrected chi connectivity index (χ4v) is 2.50. The number of aromatic hydroxyl groups is 1. The van der Waals surface area contributed by atoms with Gasteiger partial charge in [0.2, 0.25) is 0 Å². The van der Waals surface area contributed by atoms with Gasteiger partial charge in [0, 0.05) is 23.5 Å². The first-order chi connectivity index (χ1) is 9.62. The number of hydrogen-bond donors (Lipinski definition) is 3. The number of aromatic nitrogens is 1. The third-order valence-corrected chi connectivity index (χ3v) is 3.63. The number of rotatable bonds is 3. The van der Waals surface area contributed by atoms with Crippen molar-refractivity contribution in [3.63, 3.8) is 0 Å². The first-order valence-electron chi connectivity index (χ1n) is 6.36. The van der Waals surface area contributed by atoms with Gasteiger partial charge in [0.1, 0.15) is 5.75 Å². The number of para-hydroxylation sites is 1. The van der Waals surface area contributed by atoms with E-state index in [1.807, 2.05) is 12.1 Å². The van der Waals surface area contributed by atoms with E-state index in [0.29, 0.717) is 5.56 Å². The van der Waals surface area contributed by atoms with Crippen molar-refractivity contribution in [1.82, 2.24) is 10.3 Å². The molecule has 102 valence electrons. The summed E-state index contributed by atoms with van der Waals surface area (Å²) in [6, 6.07) is 8.81. The van der Waals surface area contributed by atoms with Crippen molar-refractivity contribution in [1.29, 1.82) is 0 Å². The lowest BCUT2D eigenvalue weighted by Gasteiger charge is -2.19. The number of amides is 1. The average molecular weight is 270 g/mol. The van der Waals surface area contributed by atoms with Crippen LogP contribution in [0, 0.1) is 0 Å². The van der Waals surface area contributed by atoms with Gasteiger partial charge >= 0.3 is 6.09 Å². The molecule has 1 aromatic heterocycles. The normalized spacial score (nSPS) is 15.6. The van der Waals surface area contributed by atoms with Crippen LogP contribution in [0.4, 0.5) is 4.79 Å². The van der Waals surface area contributed by atoms with Gasteiger partial charge in [0.05, 0.1) is 5.54 Å². The molecule has 1 fully saturated rings. The van der Waals surface area contributed by atoms with E-state index in [-0.39, 0.29) is 5.75 Å². The summed E-state index contributed by atoms with van der Waals surface area (Å²) in [7, 11) is 0. The number of nitrogens with zero attached hydrogens (tertiary/aromatic N) is 1. The SMILES string of the molecule is O=C(O)NC1(c2cnccc2-c2ccccc2O)CC1. The van der Waals surface area contributed by atoms with Gasteiger partial charge < -0.3 is 15.5 Å². The van der Waals surface area contributed by atoms with Crippen molar-refractivity contribution in [3.05, 3.63) is 48.3 Å². The lowest BCUT2D eigenvalue weighted by atomic mass is 9.95. The van der Waals surface area contributed by atoms with Gasteiger partial charge in [0.25, 0.3) is 0 Å². The number of benzene rings is 1. The molecule has 5 nitrogen and oxygen atoms in total. The van der Waals surface area contributed by atoms with E-state index in [4.69, 9.17) is 5.11 Å². The highest BCUT2D eigenvalue weighted by atomic mass is 16.4. The van der Waals surface area contributed by atoms with Crippen LogP contribution in [0.1, 0.15) is 18.4 Å². The Morgan fingerprint density at radius 1 is 1.20 bits per heavy atom. The van der Waals surface area contributed by atoms with E-state index in [1.165, 1.54) is 0 Å². The number of phenolic OH excluding ortho intramolecular Hbond substituents is 1. The Bertz CT molecular complexity index is 666. The van der Waals surface area contributed by atoms with E-state index >= 15 is 0 Å². The topological polar surface area (TPSA) is 82.5 Å². The molecule has 1 amide bonds. The molecule has 1 heterocycles. The van der Waals surface area contributed by atoms with Crippen LogP contribution < -0.4 is 5.32 Å². The predicted octanol–water partition coefficient (Wildman–Crippen LogP) is 2.71. The number of carboxylic acid groups (broad SMARTS) is 1. The average Bonchev–Trinajstić information content (AvgIpc) is 3.19. The van der Waals surface area contributed by atoms with Crippen molar-refractivity contribution in [2.45, 2.75) is 18.4 Å². The molecule has 2 aromatic rings. The van der Waals surface area contributed by atoms with E-state index in [0.717, 1.165) is 24.0 Å². The summed E-state index contributed by atoms with van der Waals surface area (Å²) in [6.07, 6.45) is 3.75. The van der Waals surface area contributed by atoms with Crippen molar-refractivity contribution in [2.75, 3.05) is 0 Å². The second kappa shape index (κ2) is 4.52. The molecule has 0 aliphatic heterocycles. The van der Waals surface area contributed by atoms with Gasteiger partial charge in [-0.3, -0.25) is 4.98 Å². The summed E-state index contributed by atoms with van der Waals surface area (Å²) >= 11 is 0. The first kappa shape index (κ1) is 12.5. The summed E-state index contributed by atoms with van der Waals surface area (Å²) in [5, 5.41) is 21.6. The second-order valence-corrected chi connectivity index (χ2v) is 4.95. The highest BCUT2D eigenvalue weighted by molar-refractivity contribution is 5.76. The van der Waals surface area contributed by atoms with Gasteiger partial charge in [-0.15, -0.1) is 0 Å². The first-order valence-corrected chi connectivity index (χ1v) is 6.36. The lowest BCUT2D eigenvalue weighted by Crippen LogP contribution is -2.34. The largest absolute Gasteiger partial charge is 0.507 e. The smallest absolute Gasteiger partial charge is 0.405 e. The van der Waals surface area contributed by atoms with E-state index in [1.54, 1.807) is 30.6 Å². The van der Waals surface area contributed by atoms with Crippen LogP contribution in [0.2, 0.25) is 0 Å². The Labute approximate surface area is 115 Å². The molecular formula is C15H14N2O3. The van der Waals surface area contributed by atoms with Crippen molar-refractivity contribution >= 4 is 6.09 Å². The monoisotopic (exact) mass is 270 g/mol. The fraction of sp³-hybridized carbons (Fsp3) is 0.200. The summed E-state index contributed by atoms with van der Waals surface area (Å²) in [5.74, 6) is 0.172. The molecular weight excluding hydrogens is 256 g/mol. The number of pyridine rings is 1. The molecule has 1 aliphatic carbocycles. The maximum atomic E-state index is 11.0. The minimum absolute atomic E-state index is 0.172. The molecule has 0 unspecified atom stereocenters. The third kappa shape index (κ3) is 2.07. The summed E-state index contributed by atoms with van der Waals surface area (Å²) in [4.78, 5) is 15.1. The quantitative estimate of drug-likeness (QED) is 0.800. The van der Waals surface area contributed by atoms with Gasteiger partial charge in [-0.25, -0.2) is 4.79 Å². The highest BCUT2D eigenvalue weighted by Crippen LogP contribution is 2.49. The Kier molecular flexibility index (Phi) is 2.82. The summed E-state index contributed by atoms with van der Waals surface area (Å²) in [5.41, 5.74) is 1.73. The highest BCUT2D eigenvalue weighted by Gasteiger charge is 2.47. The van der Waals surface area contributed by atoms with Crippen molar-refractivity contribution in [3.8, 4) is 16.9 Å². The third-order valence-electron chi connectivity index (χ3n) is 3.63. The number of nitrogens with one attached hydrogen (secondary N) is 1. The fourth-order valence-electron chi connectivity index (χ4n) is 2.50. The summed E-state index contributed by atoms with van der Waals surface area (Å²) in [6.45, 7) is 0. The van der Waals surface area contributed by atoms with Gasteiger partial charge in [0.15, 0.2) is 0 Å². The molecule has 0 atom stereocenters. The zero-order valence-electron chi connectivity index (χ0n) is 10.7. The van der Waals surface area contributed by atoms with Crippen LogP contribution in [0.25, 0.3) is 11.1 Å². The van der Waals surface area contributed by atoms with Gasteiger partial charge in [-0.05, 0) is 30.5 Å². The van der Waals surface area contributed by atoms with E-state index < -0.39 is 11.6 Å². The van der Waals surface area contributed by atoms with E-state index in [9.17, 15) is 9.90 Å². The predicted molar refractivity (Wildman–Crippen MR) is 73.4 cm³/mol. The van der Waals surface area contributed by atoms with Crippen LogP contribution in [0.5, 0.6) is 5.75 Å². The molecule has 5 heteroatoms. The molecule has 1 aromatic carbocycles. The molecule has 0 bridgehead atoms. The van der Waals surface area contributed by atoms with Crippen LogP contribution >= 0.6 is 0 Å². The Morgan fingerprint density at radius 2 is 1.95 bits per heavy atom. The second-order valence-electron chi connectivity index (χ2n) is 4.95. The van der Waals surface area contributed by atoms with Crippen molar-refractivity contribution < 1.29 is 15.0 Å². The number of hydrogen-bond acceptors (Lipinski definition) is 3. The molecule has 3 rings (SSSR count). The minimum atomic E-state index is -1.05. The number of phenols is 1.